The number of nitrogens with zero attached hydrogens (tertiary/aromatic N) is 1. The van der Waals surface area contributed by atoms with Crippen molar-refractivity contribution in [1.29, 1.82) is 0 Å². The monoisotopic (exact) mass is 300 g/mol. The Morgan fingerprint density at radius 3 is 2.30 bits per heavy atom. The van der Waals surface area contributed by atoms with Crippen molar-refractivity contribution in [3.05, 3.63) is 39.9 Å². The average molecular weight is 300 g/mol. The van der Waals surface area contributed by atoms with Gasteiger partial charge in [0.05, 0.1) is 10.9 Å². The highest BCUT2D eigenvalue weighted by molar-refractivity contribution is 7.89. The summed E-state index contributed by atoms with van der Waals surface area (Å²) in [6.45, 7) is 5.11. The number of sulfonamides is 1. The lowest BCUT2D eigenvalue weighted by Crippen LogP contribution is -2.43. The molecule has 0 fully saturated rings. The second-order valence-corrected chi connectivity index (χ2v) is 6.66. The van der Waals surface area contributed by atoms with Crippen LogP contribution in [0.15, 0.2) is 29.2 Å². The summed E-state index contributed by atoms with van der Waals surface area (Å²) in [5.74, 6) is -0.111. The van der Waals surface area contributed by atoms with E-state index in [1.165, 1.54) is 12.1 Å². The minimum atomic E-state index is -3.73. The number of nitro groups is 1. The first-order chi connectivity index (χ1) is 9.26. The molecule has 112 valence electrons. The quantitative estimate of drug-likeness (QED) is 0.615. The average Bonchev–Trinajstić information content (AvgIpc) is 2.36. The summed E-state index contributed by atoms with van der Waals surface area (Å²) >= 11 is 0. The summed E-state index contributed by atoms with van der Waals surface area (Å²) in [6, 6.07) is 5.68. The molecule has 20 heavy (non-hydrogen) atoms. The first-order valence-electron chi connectivity index (χ1n) is 6.47. The zero-order valence-corrected chi connectivity index (χ0v) is 12.7. The molecule has 0 spiro atoms. The lowest BCUT2D eigenvalue weighted by atomic mass is 10.0. The molecule has 0 saturated carbocycles. The van der Waals surface area contributed by atoms with Crippen molar-refractivity contribution in [2.24, 2.45) is 5.92 Å². The fraction of sp³-hybridized carbons (Fsp3) is 0.538. The molecule has 0 amide bonds. The Morgan fingerprint density at radius 1 is 1.30 bits per heavy atom. The van der Waals surface area contributed by atoms with E-state index in [-0.39, 0.29) is 10.8 Å². The Morgan fingerprint density at radius 2 is 1.85 bits per heavy atom. The van der Waals surface area contributed by atoms with E-state index < -0.39 is 27.5 Å². The molecule has 0 aliphatic rings. The van der Waals surface area contributed by atoms with Gasteiger partial charge in [0.25, 0.3) is 0 Å². The van der Waals surface area contributed by atoms with Gasteiger partial charge in [-0.2, -0.15) is 0 Å². The minimum Gasteiger partial charge on any atom is -0.264 e. The molecule has 1 aromatic carbocycles. The summed E-state index contributed by atoms with van der Waals surface area (Å²) in [4.78, 5) is 10.3. The van der Waals surface area contributed by atoms with Crippen molar-refractivity contribution in [3.8, 4) is 0 Å². The largest absolute Gasteiger partial charge is 0.264 e. The van der Waals surface area contributed by atoms with E-state index in [9.17, 15) is 18.5 Å². The maximum Gasteiger partial charge on any atom is 0.241 e. The van der Waals surface area contributed by atoms with Crippen LogP contribution in [0.2, 0.25) is 0 Å². The van der Waals surface area contributed by atoms with Crippen molar-refractivity contribution in [2.75, 3.05) is 6.54 Å². The third-order valence-electron chi connectivity index (χ3n) is 3.31. The highest BCUT2D eigenvalue weighted by atomic mass is 32.2. The van der Waals surface area contributed by atoms with E-state index in [4.69, 9.17) is 0 Å². The number of aryl methyl sites for hydroxylation is 1. The summed E-state index contributed by atoms with van der Waals surface area (Å²) in [7, 11) is -3.73. The molecule has 0 heterocycles. The summed E-state index contributed by atoms with van der Waals surface area (Å²) in [6.07, 6.45) is 0.662. The first-order valence-corrected chi connectivity index (χ1v) is 7.95. The number of hydrogen-bond acceptors (Lipinski definition) is 4. The molecule has 0 aliphatic carbocycles. The Labute approximate surface area is 119 Å². The number of benzene rings is 1. The van der Waals surface area contributed by atoms with Crippen molar-refractivity contribution >= 4 is 10.0 Å². The normalized spacial score (nSPS) is 14.8. The molecular formula is C13H20N2O4S. The smallest absolute Gasteiger partial charge is 0.241 e. The van der Waals surface area contributed by atoms with Crippen molar-refractivity contribution in [3.63, 3.8) is 0 Å². The van der Waals surface area contributed by atoms with Gasteiger partial charge in [0.2, 0.25) is 16.6 Å². The Balaban J connectivity index is 2.96. The molecule has 1 rings (SSSR count). The van der Waals surface area contributed by atoms with Crippen LogP contribution in [-0.2, 0) is 10.0 Å². The zero-order valence-electron chi connectivity index (χ0n) is 11.9. The molecule has 2 unspecified atom stereocenters. The zero-order chi connectivity index (χ0) is 15.3. The van der Waals surface area contributed by atoms with Crippen molar-refractivity contribution in [2.45, 2.75) is 38.1 Å². The maximum atomic E-state index is 12.2. The predicted molar refractivity (Wildman–Crippen MR) is 76.6 cm³/mol. The first kappa shape index (κ1) is 16.6. The Hall–Kier alpha value is -1.47. The third-order valence-corrected chi connectivity index (χ3v) is 4.82. The fourth-order valence-corrected chi connectivity index (χ4v) is 3.10. The second-order valence-electron chi connectivity index (χ2n) is 4.94. The third kappa shape index (κ3) is 4.57. The van der Waals surface area contributed by atoms with Gasteiger partial charge in [-0.3, -0.25) is 10.1 Å². The van der Waals surface area contributed by atoms with E-state index >= 15 is 0 Å². The SMILES string of the molecule is CCC(C)C(C[N+](=O)[O-])NS(=O)(=O)c1ccc(C)cc1. The van der Waals surface area contributed by atoms with Crippen LogP contribution >= 0.6 is 0 Å². The van der Waals surface area contributed by atoms with E-state index in [0.29, 0.717) is 6.42 Å². The van der Waals surface area contributed by atoms with Gasteiger partial charge in [-0.15, -0.1) is 0 Å². The molecule has 2 atom stereocenters. The van der Waals surface area contributed by atoms with Crippen molar-refractivity contribution in [1.82, 2.24) is 4.72 Å². The van der Waals surface area contributed by atoms with E-state index in [0.717, 1.165) is 5.56 Å². The van der Waals surface area contributed by atoms with Gasteiger partial charge in [-0.05, 0) is 25.0 Å². The Kier molecular flexibility index (Phi) is 5.64. The summed E-state index contributed by atoms with van der Waals surface area (Å²) < 4.78 is 26.9. The van der Waals surface area contributed by atoms with Crippen LogP contribution < -0.4 is 4.72 Å². The van der Waals surface area contributed by atoms with Crippen LogP contribution in [-0.4, -0.2) is 25.9 Å². The van der Waals surface area contributed by atoms with Gasteiger partial charge in [0, 0.05) is 4.92 Å². The van der Waals surface area contributed by atoms with Crippen LogP contribution in [0.3, 0.4) is 0 Å². The van der Waals surface area contributed by atoms with Gasteiger partial charge in [0.15, 0.2) is 0 Å². The van der Waals surface area contributed by atoms with Gasteiger partial charge in [-0.25, -0.2) is 13.1 Å². The molecule has 1 N–H and O–H groups in total. The number of rotatable bonds is 7. The minimum absolute atomic E-state index is 0.111. The second kappa shape index (κ2) is 6.81. The lowest BCUT2D eigenvalue weighted by Gasteiger charge is -2.20. The molecule has 0 radical (unpaired) electrons. The van der Waals surface area contributed by atoms with Crippen LogP contribution in [0.5, 0.6) is 0 Å². The van der Waals surface area contributed by atoms with Gasteiger partial charge < -0.3 is 0 Å². The molecular weight excluding hydrogens is 280 g/mol. The lowest BCUT2D eigenvalue weighted by molar-refractivity contribution is -0.484. The van der Waals surface area contributed by atoms with E-state index in [1.807, 2.05) is 13.8 Å². The molecule has 0 saturated heterocycles. The molecule has 6 nitrogen and oxygen atoms in total. The van der Waals surface area contributed by atoms with Crippen LogP contribution in [0, 0.1) is 23.0 Å². The molecule has 0 bridgehead atoms. The van der Waals surface area contributed by atoms with Gasteiger partial charge in [0.1, 0.15) is 0 Å². The maximum absolute atomic E-state index is 12.2. The van der Waals surface area contributed by atoms with Gasteiger partial charge in [-0.1, -0.05) is 38.0 Å². The standard InChI is InChI=1S/C13H20N2O4S/c1-4-11(3)13(9-15(16)17)14-20(18,19)12-7-5-10(2)6-8-12/h5-8,11,13-14H,4,9H2,1-3H3. The predicted octanol–water partition coefficient (Wildman–Crippen LogP) is 1.96. The van der Waals surface area contributed by atoms with Gasteiger partial charge >= 0.3 is 0 Å². The fourth-order valence-electron chi connectivity index (χ4n) is 1.76. The molecule has 0 aromatic heterocycles. The van der Waals surface area contributed by atoms with E-state index in [1.54, 1.807) is 19.1 Å². The molecule has 1 aromatic rings. The topological polar surface area (TPSA) is 89.3 Å². The highest BCUT2D eigenvalue weighted by Gasteiger charge is 2.27. The number of nitrogens with one attached hydrogen (secondary N) is 1. The van der Waals surface area contributed by atoms with Crippen LogP contribution in [0.1, 0.15) is 25.8 Å². The summed E-state index contributed by atoms with van der Waals surface area (Å²) in [5, 5.41) is 10.7. The highest BCUT2D eigenvalue weighted by Crippen LogP contribution is 2.14. The summed E-state index contributed by atoms with van der Waals surface area (Å²) in [5.41, 5.74) is 0.952. The molecule has 7 heteroatoms. The van der Waals surface area contributed by atoms with Crippen LogP contribution in [0.25, 0.3) is 0 Å². The Bertz CT molecular complexity index is 554. The van der Waals surface area contributed by atoms with Crippen molar-refractivity contribution < 1.29 is 13.3 Å². The number of hydrogen-bond donors (Lipinski definition) is 1. The molecule has 0 aliphatic heterocycles. The van der Waals surface area contributed by atoms with Crippen LogP contribution in [0.4, 0.5) is 0 Å². The van der Waals surface area contributed by atoms with E-state index in [2.05, 4.69) is 4.72 Å².